The Kier molecular flexibility index (Phi) is 3.19. The lowest BCUT2D eigenvalue weighted by Crippen LogP contribution is -1.99. The molecule has 0 spiro atoms. The van der Waals surface area contributed by atoms with Gasteiger partial charge in [-0.3, -0.25) is 0 Å². The van der Waals surface area contributed by atoms with Crippen LogP contribution in [0.25, 0.3) is 0 Å². The second-order valence-electron chi connectivity index (χ2n) is 6.17. The summed E-state index contributed by atoms with van der Waals surface area (Å²) < 4.78 is 7.08. The van der Waals surface area contributed by atoms with Crippen molar-refractivity contribution in [2.45, 2.75) is 36.9 Å². The number of rotatable bonds is 2. The first-order chi connectivity index (χ1) is 9.25. The smallest absolute Gasteiger partial charge is 0.127 e. The average molecular weight is 386 g/mol. The fourth-order valence-electron chi connectivity index (χ4n) is 4.19. The number of hydrogen-bond acceptors (Lipinski definition) is 1. The van der Waals surface area contributed by atoms with E-state index in [2.05, 4.69) is 44.0 Å². The highest BCUT2D eigenvalue weighted by atomic mass is 79.9. The molecule has 2 saturated carbocycles. The predicted octanol–water partition coefficient (Wildman–Crippen LogP) is 5.26. The van der Waals surface area contributed by atoms with Crippen LogP contribution in [0.4, 0.5) is 0 Å². The molecule has 3 atom stereocenters. The van der Waals surface area contributed by atoms with Crippen molar-refractivity contribution in [1.29, 1.82) is 0 Å². The Hall–Kier alpha value is -0.0200. The van der Waals surface area contributed by atoms with Gasteiger partial charge in [-0.1, -0.05) is 44.7 Å². The van der Waals surface area contributed by atoms with Gasteiger partial charge in [-0.2, -0.15) is 0 Å². The van der Waals surface area contributed by atoms with Crippen LogP contribution in [-0.2, 0) is 6.42 Å². The van der Waals surface area contributed by atoms with E-state index in [4.69, 9.17) is 4.74 Å². The lowest BCUT2D eigenvalue weighted by Gasteiger charge is -2.15. The molecular weight excluding hydrogens is 368 g/mol. The zero-order chi connectivity index (χ0) is 13.0. The molecule has 0 radical (unpaired) electrons. The summed E-state index contributed by atoms with van der Waals surface area (Å²) in [6.07, 6.45) is 6.80. The van der Waals surface area contributed by atoms with Crippen molar-refractivity contribution < 1.29 is 4.74 Å². The normalized spacial score (nSPS) is 33.3. The van der Waals surface area contributed by atoms with Gasteiger partial charge in [-0.05, 0) is 48.3 Å². The zero-order valence-corrected chi connectivity index (χ0v) is 14.0. The van der Waals surface area contributed by atoms with Crippen LogP contribution in [0.15, 0.2) is 16.6 Å². The Balaban J connectivity index is 1.66. The molecule has 0 bridgehead atoms. The number of fused-ring (bicyclic) bond motifs is 2. The Morgan fingerprint density at radius 1 is 1.16 bits per heavy atom. The van der Waals surface area contributed by atoms with Gasteiger partial charge in [-0.15, -0.1) is 0 Å². The summed E-state index contributed by atoms with van der Waals surface area (Å²) in [5.41, 5.74) is 2.75. The van der Waals surface area contributed by atoms with E-state index in [1.807, 2.05) is 0 Å². The Morgan fingerprint density at radius 3 is 2.63 bits per heavy atom. The van der Waals surface area contributed by atoms with Crippen LogP contribution < -0.4 is 4.74 Å². The molecule has 3 heteroatoms. The second-order valence-corrected chi connectivity index (χ2v) is 8.08. The van der Waals surface area contributed by atoms with Gasteiger partial charge < -0.3 is 4.74 Å². The van der Waals surface area contributed by atoms with Crippen molar-refractivity contribution in [2.75, 3.05) is 6.61 Å². The largest absolute Gasteiger partial charge is 0.493 e. The van der Waals surface area contributed by atoms with Gasteiger partial charge in [0.15, 0.2) is 0 Å². The van der Waals surface area contributed by atoms with Gasteiger partial charge in [0, 0.05) is 21.3 Å². The highest BCUT2D eigenvalue weighted by molar-refractivity contribution is 9.10. The van der Waals surface area contributed by atoms with Crippen molar-refractivity contribution in [3.63, 3.8) is 0 Å². The maximum Gasteiger partial charge on any atom is 0.127 e. The molecule has 2 fully saturated rings. The van der Waals surface area contributed by atoms with Gasteiger partial charge in [0.2, 0.25) is 0 Å². The van der Waals surface area contributed by atoms with Gasteiger partial charge >= 0.3 is 0 Å². The monoisotopic (exact) mass is 384 g/mol. The minimum absolute atomic E-state index is 0.477. The van der Waals surface area contributed by atoms with Crippen molar-refractivity contribution in [1.82, 2.24) is 0 Å². The number of halogens is 2. The Morgan fingerprint density at radius 2 is 1.89 bits per heavy atom. The first-order valence-corrected chi connectivity index (χ1v) is 9.06. The Bertz CT molecular complexity index is 502. The van der Waals surface area contributed by atoms with E-state index in [1.165, 1.54) is 41.3 Å². The third-order valence-electron chi connectivity index (χ3n) is 5.13. The van der Waals surface area contributed by atoms with E-state index < -0.39 is 0 Å². The second kappa shape index (κ2) is 4.77. The maximum absolute atomic E-state index is 5.89. The van der Waals surface area contributed by atoms with E-state index in [-0.39, 0.29) is 0 Å². The maximum atomic E-state index is 5.89. The fraction of sp³-hybridized carbons (Fsp3) is 0.625. The number of ether oxygens (including phenoxy) is 1. The topological polar surface area (TPSA) is 9.23 Å². The number of benzene rings is 1. The minimum Gasteiger partial charge on any atom is -0.493 e. The van der Waals surface area contributed by atoms with E-state index in [9.17, 15) is 0 Å². The molecule has 0 saturated heterocycles. The molecule has 3 aliphatic rings. The van der Waals surface area contributed by atoms with Gasteiger partial charge in [0.25, 0.3) is 0 Å². The summed E-state index contributed by atoms with van der Waals surface area (Å²) in [7, 11) is 0. The molecule has 1 heterocycles. The van der Waals surface area contributed by atoms with Crippen LogP contribution in [0.2, 0.25) is 0 Å². The van der Waals surface area contributed by atoms with Crippen LogP contribution in [0.3, 0.4) is 0 Å². The van der Waals surface area contributed by atoms with Crippen molar-refractivity contribution in [3.05, 3.63) is 27.7 Å². The number of hydrogen-bond donors (Lipinski definition) is 0. The Labute approximate surface area is 131 Å². The minimum atomic E-state index is 0.477. The molecule has 0 aromatic heterocycles. The van der Waals surface area contributed by atoms with Crippen molar-refractivity contribution in [3.8, 4) is 5.75 Å². The van der Waals surface area contributed by atoms with Crippen LogP contribution in [0.1, 0.15) is 41.6 Å². The summed E-state index contributed by atoms with van der Waals surface area (Å²) in [6.45, 7) is 0.843. The van der Waals surface area contributed by atoms with E-state index in [0.717, 1.165) is 36.5 Å². The molecule has 102 valence electrons. The van der Waals surface area contributed by atoms with E-state index in [1.54, 1.807) is 0 Å². The van der Waals surface area contributed by atoms with E-state index in [0.29, 0.717) is 4.83 Å². The first-order valence-electron chi connectivity index (χ1n) is 7.35. The van der Waals surface area contributed by atoms with Crippen LogP contribution in [0.5, 0.6) is 5.75 Å². The fourth-order valence-corrected chi connectivity index (χ4v) is 5.84. The molecule has 1 aromatic rings. The summed E-state index contributed by atoms with van der Waals surface area (Å²) in [5, 5.41) is 0. The van der Waals surface area contributed by atoms with E-state index >= 15 is 0 Å². The third kappa shape index (κ3) is 2.08. The predicted molar refractivity (Wildman–Crippen MR) is 83.9 cm³/mol. The van der Waals surface area contributed by atoms with Crippen molar-refractivity contribution >= 4 is 31.9 Å². The number of alkyl halides is 1. The van der Waals surface area contributed by atoms with Gasteiger partial charge in [0.05, 0.1) is 6.61 Å². The molecule has 4 rings (SSSR count). The quantitative estimate of drug-likeness (QED) is 0.631. The summed E-state index contributed by atoms with van der Waals surface area (Å²) in [4.78, 5) is 0.477. The summed E-state index contributed by atoms with van der Waals surface area (Å²) in [6, 6.07) is 4.47. The molecule has 0 amide bonds. The molecule has 19 heavy (non-hydrogen) atoms. The van der Waals surface area contributed by atoms with Gasteiger partial charge in [-0.25, -0.2) is 0 Å². The molecule has 0 N–H and O–H groups in total. The van der Waals surface area contributed by atoms with Crippen molar-refractivity contribution in [2.24, 2.45) is 17.8 Å². The highest BCUT2D eigenvalue weighted by Gasteiger charge is 2.54. The third-order valence-corrected chi connectivity index (χ3v) is 6.70. The molecule has 3 unspecified atom stereocenters. The molecule has 1 aromatic carbocycles. The molecule has 2 aliphatic carbocycles. The molecular formula is C16H18Br2O. The van der Waals surface area contributed by atoms with Crippen LogP contribution >= 0.6 is 31.9 Å². The molecule has 1 aliphatic heterocycles. The van der Waals surface area contributed by atoms with Crippen LogP contribution in [-0.4, -0.2) is 6.61 Å². The average Bonchev–Trinajstić information content (AvgIpc) is 2.96. The highest BCUT2D eigenvalue weighted by Crippen LogP contribution is 2.63. The first kappa shape index (κ1) is 12.7. The lowest BCUT2D eigenvalue weighted by atomic mass is 10.0. The zero-order valence-electron chi connectivity index (χ0n) is 10.9. The SMILES string of the molecule is Brc1cc2c(c(C(Br)C3C4CCCCC43)c1)OCC2. The van der Waals surface area contributed by atoms with Crippen LogP contribution in [0, 0.1) is 17.8 Å². The standard InChI is InChI=1S/C16H18Br2O/c17-10-7-9-5-6-19-16(9)13(8-10)15(18)14-11-3-1-2-4-12(11)14/h7-8,11-12,14-15H,1-6H2. The molecule has 1 nitrogen and oxygen atoms in total. The van der Waals surface area contributed by atoms with Gasteiger partial charge in [0.1, 0.15) is 5.75 Å². The summed E-state index contributed by atoms with van der Waals surface area (Å²) in [5.74, 6) is 3.93. The summed E-state index contributed by atoms with van der Waals surface area (Å²) >= 11 is 7.64. The lowest BCUT2D eigenvalue weighted by molar-refractivity contribution is 0.352.